The molecule has 1 aromatic carbocycles. The van der Waals surface area contributed by atoms with Gasteiger partial charge in [-0.05, 0) is 51.5 Å². The predicted molar refractivity (Wildman–Crippen MR) is 90.3 cm³/mol. The summed E-state index contributed by atoms with van der Waals surface area (Å²) in [5.74, 6) is -0.108. The number of carbonyl (C=O) groups excluding carboxylic acids is 1. The fourth-order valence-corrected chi connectivity index (χ4v) is 2.15. The van der Waals surface area contributed by atoms with E-state index in [2.05, 4.69) is 10.6 Å². The third-order valence-electron chi connectivity index (χ3n) is 2.63. The van der Waals surface area contributed by atoms with Crippen LogP contribution in [0.4, 0.5) is 5.69 Å². The monoisotopic (exact) mass is 308 g/mol. The molecule has 0 bridgehead atoms. The summed E-state index contributed by atoms with van der Waals surface area (Å²) < 4.78 is 5.56. The van der Waals surface area contributed by atoms with Crippen molar-refractivity contribution in [3.63, 3.8) is 0 Å². The number of ether oxygens (including phenoxy) is 1. The minimum absolute atomic E-state index is 0.108. The number of anilines is 1. The van der Waals surface area contributed by atoms with E-state index in [1.54, 1.807) is 0 Å². The van der Waals surface area contributed by atoms with E-state index < -0.39 is 6.04 Å². The van der Waals surface area contributed by atoms with Gasteiger partial charge in [0.15, 0.2) is 0 Å². The molecule has 0 saturated carbocycles. The summed E-state index contributed by atoms with van der Waals surface area (Å²) in [6, 6.07) is 8.97. The van der Waals surface area contributed by atoms with Crippen molar-refractivity contribution in [2.75, 3.05) is 5.32 Å². The Kier molecular flexibility index (Phi) is 6.62. The number of rotatable bonds is 5. The quantitative estimate of drug-likeness (QED) is 0.818. The number of amides is 1. The van der Waals surface area contributed by atoms with Crippen molar-refractivity contribution in [3.8, 4) is 0 Å². The molecule has 0 saturated heterocycles. The van der Waals surface area contributed by atoms with Crippen LogP contribution in [-0.4, -0.2) is 22.7 Å². The van der Waals surface area contributed by atoms with Crippen molar-refractivity contribution in [2.45, 2.75) is 52.2 Å². The lowest BCUT2D eigenvalue weighted by Crippen LogP contribution is -2.45. The second-order valence-corrected chi connectivity index (χ2v) is 6.21. The Labute approximate surface area is 132 Å². The molecule has 0 radical (unpaired) electrons. The summed E-state index contributed by atoms with van der Waals surface area (Å²) in [7, 11) is 0. The molecule has 1 amide bonds. The van der Waals surface area contributed by atoms with Crippen molar-refractivity contribution < 1.29 is 9.53 Å². The average molecular weight is 308 g/mol. The Balaban J connectivity index is 2.63. The number of hydrogen-bond acceptors (Lipinski definition) is 3. The fraction of sp³-hybridized carbons (Fsp3) is 0.500. The topological polar surface area (TPSA) is 50.4 Å². The molecule has 1 aromatic rings. The maximum Gasteiger partial charge on any atom is 0.257 e. The first-order chi connectivity index (χ1) is 9.81. The molecule has 0 aromatic heterocycles. The van der Waals surface area contributed by atoms with Crippen LogP contribution in [0.1, 0.15) is 40.5 Å². The minimum Gasteiger partial charge on any atom is -0.465 e. The highest BCUT2D eigenvalue weighted by atomic mass is 32.1. The normalized spacial score (nSPS) is 12.4. The largest absolute Gasteiger partial charge is 0.465 e. The highest BCUT2D eigenvalue weighted by Gasteiger charge is 2.21. The van der Waals surface area contributed by atoms with Crippen molar-refractivity contribution >= 4 is 29.0 Å². The van der Waals surface area contributed by atoms with Crippen LogP contribution in [0.3, 0.4) is 0 Å². The van der Waals surface area contributed by atoms with E-state index in [9.17, 15) is 4.79 Å². The Hall–Kier alpha value is -1.62. The summed E-state index contributed by atoms with van der Waals surface area (Å²) >= 11 is 5.16. The summed E-state index contributed by atoms with van der Waals surface area (Å²) in [5, 5.41) is 6.12. The smallest absolute Gasteiger partial charge is 0.257 e. The SMILES string of the molecule is CCC[C@H](NC(=S)OC(C)(C)C)C(=O)Nc1ccccc1. The average Bonchev–Trinajstić information content (AvgIpc) is 2.37. The van der Waals surface area contributed by atoms with Gasteiger partial charge in [0.1, 0.15) is 11.6 Å². The molecule has 0 unspecified atom stereocenters. The number of para-hydroxylation sites is 1. The zero-order valence-electron chi connectivity index (χ0n) is 13.1. The number of carbonyl (C=O) groups is 1. The van der Waals surface area contributed by atoms with Gasteiger partial charge in [-0.3, -0.25) is 4.79 Å². The van der Waals surface area contributed by atoms with Gasteiger partial charge in [0.05, 0.1) is 0 Å². The first-order valence-corrected chi connectivity index (χ1v) is 7.58. The van der Waals surface area contributed by atoms with Gasteiger partial charge in [-0.25, -0.2) is 0 Å². The second-order valence-electron chi connectivity index (χ2n) is 5.84. The van der Waals surface area contributed by atoms with E-state index in [1.165, 1.54) is 0 Å². The van der Waals surface area contributed by atoms with Crippen LogP contribution in [0, 0.1) is 0 Å². The summed E-state index contributed by atoms with van der Waals surface area (Å²) in [6.45, 7) is 7.78. The number of nitrogens with one attached hydrogen (secondary N) is 2. The van der Waals surface area contributed by atoms with E-state index >= 15 is 0 Å². The molecule has 4 nitrogen and oxygen atoms in total. The van der Waals surface area contributed by atoms with Gasteiger partial charge >= 0.3 is 0 Å². The second kappa shape index (κ2) is 7.98. The molecule has 0 aliphatic rings. The Morgan fingerprint density at radius 3 is 2.43 bits per heavy atom. The molecule has 1 rings (SSSR count). The first-order valence-electron chi connectivity index (χ1n) is 7.17. The molecule has 116 valence electrons. The first kappa shape index (κ1) is 17.4. The zero-order valence-corrected chi connectivity index (χ0v) is 13.9. The lowest BCUT2D eigenvalue weighted by atomic mass is 10.1. The number of thiocarbonyl (C=S) groups is 1. The summed E-state index contributed by atoms with van der Waals surface area (Å²) in [6.07, 6.45) is 1.56. The van der Waals surface area contributed by atoms with Crippen LogP contribution in [0.5, 0.6) is 0 Å². The maximum absolute atomic E-state index is 12.3. The zero-order chi connectivity index (χ0) is 15.9. The Bertz CT molecular complexity index is 469. The van der Waals surface area contributed by atoms with Gasteiger partial charge in [0.25, 0.3) is 5.17 Å². The fourth-order valence-electron chi connectivity index (χ4n) is 1.76. The van der Waals surface area contributed by atoms with Crippen LogP contribution in [0.2, 0.25) is 0 Å². The minimum atomic E-state index is -0.398. The van der Waals surface area contributed by atoms with E-state index in [4.69, 9.17) is 17.0 Å². The van der Waals surface area contributed by atoms with E-state index in [-0.39, 0.29) is 16.7 Å². The summed E-state index contributed by atoms with van der Waals surface area (Å²) in [5.41, 5.74) is 0.393. The van der Waals surface area contributed by atoms with Crippen LogP contribution in [0.25, 0.3) is 0 Å². The van der Waals surface area contributed by atoms with Crippen molar-refractivity contribution in [1.82, 2.24) is 5.32 Å². The highest BCUT2D eigenvalue weighted by molar-refractivity contribution is 7.80. The van der Waals surface area contributed by atoms with Gasteiger partial charge in [-0.1, -0.05) is 31.5 Å². The molecule has 5 heteroatoms. The molecular weight excluding hydrogens is 284 g/mol. The Morgan fingerprint density at radius 2 is 1.90 bits per heavy atom. The lowest BCUT2D eigenvalue weighted by molar-refractivity contribution is -0.118. The van der Waals surface area contributed by atoms with Crippen LogP contribution < -0.4 is 10.6 Å². The Morgan fingerprint density at radius 1 is 1.29 bits per heavy atom. The molecule has 0 fully saturated rings. The maximum atomic E-state index is 12.3. The van der Waals surface area contributed by atoms with Gasteiger partial charge in [-0.2, -0.15) is 0 Å². The van der Waals surface area contributed by atoms with Crippen molar-refractivity contribution in [3.05, 3.63) is 30.3 Å². The summed E-state index contributed by atoms with van der Waals surface area (Å²) in [4.78, 5) is 12.3. The third kappa shape index (κ3) is 7.09. The third-order valence-corrected chi connectivity index (χ3v) is 2.83. The molecule has 0 aliphatic carbocycles. The molecule has 0 aliphatic heterocycles. The number of hydrogen-bond donors (Lipinski definition) is 2. The van der Waals surface area contributed by atoms with E-state index in [1.807, 2.05) is 58.0 Å². The molecule has 0 spiro atoms. The predicted octanol–water partition coefficient (Wildman–Crippen LogP) is 3.48. The molecule has 21 heavy (non-hydrogen) atoms. The van der Waals surface area contributed by atoms with Crippen LogP contribution >= 0.6 is 12.2 Å². The highest BCUT2D eigenvalue weighted by Crippen LogP contribution is 2.10. The number of benzene rings is 1. The van der Waals surface area contributed by atoms with Crippen molar-refractivity contribution in [1.29, 1.82) is 0 Å². The van der Waals surface area contributed by atoms with Gasteiger partial charge in [0.2, 0.25) is 5.91 Å². The molecule has 1 atom stereocenters. The molecular formula is C16H24N2O2S. The van der Waals surface area contributed by atoms with E-state index in [0.29, 0.717) is 6.42 Å². The van der Waals surface area contributed by atoms with Crippen molar-refractivity contribution in [2.24, 2.45) is 0 Å². The standard InChI is InChI=1S/C16H24N2O2S/c1-5-9-13(18-15(21)20-16(2,3)4)14(19)17-12-10-7-6-8-11-12/h6-8,10-11,13H,5,9H2,1-4H3,(H,17,19)(H,18,21)/t13-/m0/s1. The van der Waals surface area contributed by atoms with Crippen LogP contribution in [-0.2, 0) is 9.53 Å². The molecule has 2 N–H and O–H groups in total. The van der Waals surface area contributed by atoms with Gasteiger partial charge in [-0.15, -0.1) is 0 Å². The molecule has 0 heterocycles. The van der Waals surface area contributed by atoms with Gasteiger partial charge < -0.3 is 15.4 Å². The van der Waals surface area contributed by atoms with Crippen LogP contribution in [0.15, 0.2) is 30.3 Å². The van der Waals surface area contributed by atoms with E-state index in [0.717, 1.165) is 12.1 Å². The van der Waals surface area contributed by atoms with Gasteiger partial charge in [0, 0.05) is 5.69 Å². The lowest BCUT2D eigenvalue weighted by Gasteiger charge is -2.25.